The Morgan fingerprint density at radius 2 is 1.67 bits per heavy atom. The van der Waals surface area contributed by atoms with E-state index in [0.29, 0.717) is 72.9 Å². The molecule has 4 aromatic rings. The number of hydrogen-bond acceptors (Lipinski definition) is 12. The quantitative estimate of drug-likeness (QED) is 0.214. The van der Waals surface area contributed by atoms with Crippen molar-refractivity contribution in [2.75, 3.05) is 75.7 Å². The Balaban J connectivity index is 0.697. The number of oxazole rings is 1. The molecule has 2 N–H and O–H groups in total. The average Bonchev–Trinajstić information content (AvgIpc) is 3.60. The van der Waals surface area contributed by atoms with Crippen molar-refractivity contribution in [2.45, 2.75) is 75.8 Å². The highest BCUT2D eigenvalue weighted by molar-refractivity contribution is 6.00. The van der Waals surface area contributed by atoms with E-state index < -0.39 is 29.6 Å². The summed E-state index contributed by atoms with van der Waals surface area (Å²) in [6, 6.07) is 12.2. The molecule has 5 aliphatic heterocycles. The molecule has 9 rings (SSSR count). The van der Waals surface area contributed by atoms with Crippen LogP contribution in [-0.4, -0.2) is 125 Å². The molecule has 2 aromatic heterocycles. The molecule has 5 aliphatic rings. The molecule has 61 heavy (non-hydrogen) atoms. The molecule has 0 saturated carbocycles. The largest absolute Gasteiger partial charge is 0.449 e. The molecule has 1 atom stereocenters. The molecule has 322 valence electrons. The van der Waals surface area contributed by atoms with E-state index in [1.165, 1.54) is 4.57 Å². The molecule has 5 fully saturated rings. The van der Waals surface area contributed by atoms with Gasteiger partial charge in [-0.15, -0.1) is 0 Å². The van der Waals surface area contributed by atoms with E-state index in [9.17, 15) is 28.4 Å². The second kappa shape index (κ2) is 17.7. The molecule has 0 bridgehead atoms. The fraction of sp³-hybridized carbons (Fsp3) is 0.523. The van der Waals surface area contributed by atoms with Crippen LogP contribution in [0.3, 0.4) is 0 Å². The monoisotopic (exact) mass is 837 g/mol. The number of cyclic esters (lactones) is 1. The van der Waals surface area contributed by atoms with Gasteiger partial charge in [-0.3, -0.25) is 34.1 Å². The van der Waals surface area contributed by atoms with Crippen LogP contribution in [0.5, 0.6) is 0 Å². The van der Waals surface area contributed by atoms with Crippen LogP contribution in [0, 0.1) is 11.7 Å². The minimum Gasteiger partial charge on any atom is -0.449 e. The number of fused-ring (bicyclic) bond motifs is 1. The number of halogens is 1. The third-order valence-electron chi connectivity index (χ3n) is 13.1. The smallest absolute Gasteiger partial charge is 0.420 e. The van der Waals surface area contributed by atoms with Gasteiger partial charge in [0.1, 0.15) is 11.7 Å². The Bertz CT molecular complexity index is 2340. The van der Waals surface area contributed by atoms with Gasteiger partial charge >= 0.3 is 11.8 Å². The van der Waals surface area contributed by atoms with E-state index in [4.69, 9.17) is 9.15 Å². The number of ether oxygens (including phenoxy) is 1. The lowest BCUT2D eigenvalue weighted by Crippen LogP contribution is -2.48. The first kappa shape index (κ1) is 40.7. The Hall–Kier alpha value is -5.68. The summed E-state index contributed by atoms with van der Waals surface area (Å²) in [4.78, 5) is 79.5. The van der Waals surface area contributed by atoms with Crippen LogP contribution in [0.1, 0.15) is 75.3 Å². The van der Waals surface area contributed by atoms with Gasteiger partial charge in [0.15, 0.2) is 11.4 Å². The first-order chi connectivity index (χ1) is 29.6. The standard InChI is InChI=1S/C44H52FN9O7/c45-34-25-46-42(49-40(34)31-3-1-4-33(23-31)53-15-2-22-60-43(53)58)47-32-13-20-52(21-14-32)39(56)27-51-16-9-28(10-17-51)26-50-18-11-29(12-19-50)30-5-6-35-37(24-30)61-44(59)54(35)36-7-8-38(55)48-41(36)57/h1,3-6,23-25,28-29,32,36H,2,7-22,26-27H2,(H,46,47,49)(H,48,55,57). The highest BCUT2D eigenvalue weighted by Crippen LogP contribution is 2.33. The molecule has 0 spiro atoms. The molecule has 7 heterocycles. The van der Waals surface area contributed by atoms with E-state index in [-0.39, 0.29) is 36.4 Å². The van der Waals surface area contributed by atoms with Crippen molar-refractivity contribution in [1.29, 1.82) is 0 Å². The normalized spacial score (nSPS) is 21.8. The van der Waals surface area contributed by atoms with Crippen LogP contribution in [0.15, 0.2) is 57.9 Å². The number of piperidine rings is 4. The highest BCUT2D eigenvalue weighted by Gasteiger charge is 2.33. The van der Waals surface area contributed by atoms with Crippen LogP contribution < -0.4 is 21.3 Å². The number of aromatic nitrogens is 3. The van der Waals surface area contributed by atoms with Crippen molar-refractivity contribution < 1.29 is 32.7 Å². The van der Waals surface area contributed by atoms with E-state index in [0.717, 1.165) is 89.4 Å². The number of benzene rings is 2. The summed E-state index contributed by atoms with van der Waals surface area (Å²) in [6.45, 7) is 7.46. The van der Waals surface area contributed by atoms with Crippen molar-refractivity contribution in [1.82, 2.24) is 34.6 Å². The molecule has 17 heteroatoms. The summed E-state index contributed by atoms with van der Waals surface area (Å²) in [7, 11) is 0. The van der Waals surface area contributed by atoms with E-state index >= 15 is 0 Å². The number of amides is 4. The summed E-state index contributed by atoms with van der Waals surface area (Å²) in [5.74, 6) is -0.510. The number of carbonyl (C=O) groups is 4. The van der Waals surface area contributed by atoms with Gasteiger partial charge in [0.2, 0.25) is 23.7 Å². The van der Waals surface area contributed by atoms with Crippen molar-refractivity contribution in [3.8, 4) is 11.3 Å². The zero-order valence-electron chi connectivity index (χ0n) is 34.2. The maximum atomic E-state index is 15.0. The third kappa shape index (κ3) is 9.03. The number of anilines is 2. The zero-order valence-corrected chi connectivity index (χ0v) is 34.2. The van der Waals surface area contributed by atoms with Gasteiger partial charge in [-0.25, -0.2) is 23.9 Å². The first-order valence-electron chi connectivity index (χ1n) is 21.7. The second-order valence-electron chi connectivity index (χ2n) is 17.1. The summed E-state index contributed by atoms with van der Waals surface area (Å²) in [5, 5.41) is 5.68. The molecule has 0 aliphatic carbocycles. The zero-order chi connectivity index (χ0) is 42.0. The Morgan fingerprint density at radius 1 is 0.885 bits per heavy atom. The fourth-order valence-electron chi connectivity index (χ4n) is 9.66. The highest BCUT2D eigenvalue weighted by atomic mass is 19.1. The second-order valence-corrected chi connectivity index (χ2v) is 17.1. The fourth-order valence-corrected chi connectivity index (χ4v) is 9.66. The van der Waals surface area contributed by atoms with Gasteiger partial charge in [0.25, 0.3) is 0 Å². The maximum Gasteiger partial charge on any atom is 0.420 e. The van der Waals surface area contributed by atoms with Crippen molar-refractivity contribution in [2.24, 2.45) is 5.92 Å². The summed E-state index contributed by atoms with van der Waals surface area (Å²) >= 11 is 0. The van der Waals surface area contributed by atoms with Gasteiger partial charge < -0.3 is 24.3 Å². The lowest BCUT2D eigenvalue weighted by molar-refractivity contribution is -0.136. The Morgan fingerprint density at radius 3 is 2.44 bits per heavy atom. The number of likely N-dealkylation sites (tertiary alicyclic amines) is 3. The predicted octanol–water partition coefficient (Wildman–Crippen LogP) is 4.51. The summed E-state index contributed by atoms with van der Waals surface area (Å²) < 4.78 is 27.1. The van der Waals surface area contributed by atoms with Crippen LogP contribution >= 0.6 is 0 Å². The SMILES string of the molecule is O=C1CCC(n2c(=O)oc3cc(C4CCN(CC5CCN(CC(=O)N6CCC(Nc7ncc(F)c(-c8cccc(N9CCCOC9=O)c8)n7)CC6)CC5)CC4)ccc32)C(=O)N1. The molecule has 4 amide bonds. The van der Waals surface area contributed by atoms with Crippen molar-refractivity contribution in [3.63, 3.8) is 0 Å². The molecular formula is C44H52FN9O7. The number of nitrogens with zero attached hydrogens (tertiary/aromatic N) is 7. The number of nitrogens with one attached hydrogen (secondary N) is 2. The van der Waals surface area contributed by atoms with E-state index in [1.807, 2.05) is 23.1 Å². The molecule has 5 saturated heterocycles. The Kier molecular flexibility index (Phi) is 11.8. The van der Waals surface area contributed by atoms with Crippen molar-refractivity contribution >= 4 is 46.6 Å². The molecule has 2 aromatic carbocycles. The van der Waals surface area contributed by atoms with Gasteiger partial charge in [-0.1, -0.05) is 18.2 Å². The van der Waals surface area contributed by atoms with E-state index in [1.54, 1.807) is 29.2 Å². The maximum absolute atomic E-state index is 15.0. The lowest BCUT2D eigenvalue weighted by Gasteiger charge is -2.38. The topological polar surface area (TPSA) is 175 Å². The summed E-state index contributed by atoms with van der Waals surface area (Å²) in [6.07, 6.45) is 7.54. The first-order valence-corrected chi connectivity index (χ1v) is 21.7. The average molecular weight is 838 g/mol. The molecule has 16 nitrogen and oxygen atoms in total. The van der Waals surface area contributed by atoms with Gasteiger partial charge in [-0.05, 0) is 119 Å². The van der Waals surface area contributed by atoms with Crippen LogP contribution in [0.25, 0.3) is 22.4 Å². The van der Waals surface area contributed by atoms with Gasteiger partial charge in [-0.2, -0.15) is 0 Å². The van der Waals surface area contributed by atoms with Crippen LogP contribution in [0.2, 0.25) is 0 Å². The molecular weight excluding hydrogens is 786 g/mol. The number of rotatable bonds is 10. The molecule has 1 unspecified atom stereocenters. The van der Waals surface area contributed by atoms with Crippen molar-refractivity contribution in [3.05, 3.63) is 70.6 Å². The minimum atomic E-state index is -0.754. The van der Waals surface area contributed by atoms with Gasteiger partial charge in [0.05, 0.1) is 24.9 Å². The number of carbonyl (C=O) groups excluding carboxylic acids is 4. The summed E-state index contributed by atoms with van der Waals surface area (Å²) in [5.41, 5.74) is 3.49. The van der Waals surface area contributed by atoms with Crippen LogP contribution in [-0.2, 0) is 19.1 Å². The Labute approximate surface area is 352 Å². The number of hydrogen-bond donors (Lipinski definition) is 2. The predicted molar refractivity (Wildman–Crippen MR) is 223 cm³/mol. The van der Waals surface area contributed by atoms with Crippen LogP contribution in [0.4, 0.5) is 20.8 Å². The van der Waals surface area contributed by atoms with E-state index in [2.05, 4.69) is 30.4 Å². The number of imide groups is 1. The minimum absolute atomic E-state index is 0.0449. The molecule has 0 radical (unpaired) electrons. The third-order valence-corrected chi connectivity index (χ3v) is 13.1. The van der Waals surface area contributed by atoms with Gasteiger partial charge in [0, 0.05) is 49.9 Å². The lowest BCUT2D eigenvalue weighted by atomic mass is 9.88.